The standard InChI is InChI=1S/C17H19N5O3/c1-12-14(6-2-7-15(12)22(24)25)20-16(23)13-5-3-10-21(11-13)17-18-8-4-9-19-17/h2,4,6-9,13H,3,5,10-11H2,1H3,(H,20,23). The number of rotatable bonds is 4. The molecular formula is C17H19N5O3. The van der Waals surface area contributed by atoms with Crippen molar-refractivity contribution in [1.29, 1.82) is 0 Å². The number of carbonyl (C=O) groups is 1. The molecule has 0 bridgehead atoms. The quantitative estimate of drug-likeness (QED) is 0.677. The van der Waals surface area contributed by atoms with Crippen LogP contribution in [-0.4, -0.2) is 33.9 Å². The van der Waals surface area contributed by atoms with E-state index in [1.54, 1.807) is 37.5 Å². The zero-order chi connectivity index (χ0) is 17.8. The van der Waals surface area contributed by atoms with E-state index in [0.29, 0.717) is 23.7 Å². The Hall–Kier alpha value is -3.03. The lowest BCUT2D eigenvalue weighted by Gasteiger charge is -2.32. The molecule has 1 saturated heterocycles. The molecule has 1 aromatic heterocycles. The Morgan fingerprint density at radius 3 is 2.80 bits per heavy atom. The summed E-state index contributed by atoms with van der Waals surface area (Å²) < 4.78 is 0. The lowest BCUT2D eigenvalue weighted by Crippen LogP contribution is -2.41. The fourth-order valence-electron chi connectivity index (χ4n) is 3.02. The predicted molar refractivity (Wildman–Crippen MR) is 93.4 cm³/mol. The smallest absolute Gasteiger partial charge is 0.274 e. The summed E-state index contributed by atoms with van der Waals surface area (Å²) in [7, 11) is 0. The molecule has 8 nitrogen and oxygen atoms in total. The van der Waals surface area contributed by atoms with Gasteiger partial charge in [0.15, 0.2) is 0 Å². The van der Waals surface area contributed by atoms with E-state index in [1.807, 2.05) is 4.90 Å². The summed E-state index contributed by atoms with van der Waals surface area (Å²) in [5, 5.41) is 13.9. The van der Waals surface area contributed by atoms with Gasteiger partial charge in [0.05, 0.1) is 22.1 Å². The number of nitrogens with zero attached hydrogens (tertiary/aromatic N) is 4. The van der Waals surface area contributed by atoms with Crippen molar-refractivity contribution in [2.75, 3.05) is 23.3 Å². The Morgan fingerprint density at radius 1 is 1.32 bits per heavy atom. The van der Waals surface area contributed by atoms with Crippen LogP contribution in [0.3, 0.4) is 0 Å². The Kier molecular flexibility index (Phi) is 4.87. The number of aromatic nitrogens is 2. The van der Waals surface area contributed by atoms with E-state index >= 15 is 0 Å². The summed E-state index contributed by atoms with van der Waals surface area (Å²) in [4.78, 5) is 33.7. The van der Waals surface area contributed by atoms with Crippen molar-refractivity contribution in [3.05, 3.63) is 52.3 Å². The number of amides is 1. The van der Waals surface area contributed by atoms with E-state index in [2.05, 4.69) is 15.3 Å². The van der Waals surface area contributed by atoms with Gasteiger partial charge in [0.25, 0.3) is 5.69 Å². The summed E-state index contributed by atoms with van der Waals surface area (Å²) in [6.07, 6.45) is 4.99. The molecule has 130 valence electrons. The third-order valence-electron chi connectivity index (χ3n) is 4.39. The Morgan fingerprint density at radius 2 is 2.08 bits per heavy atom. The molecule has 1 aliphatic heterocycles. The van der Waals surface area contributed by atoms with Gasteiger partial charge in [0.2, 0.25) is 11.9 Å². The molecule has 0 radical (unpaired) electrons. The van der Waals surface area contributed by atoms with Crippen molar-refractivity contribution in [1.82, 2.24) is 9.97 Å². The van der Waals surface area contributed by atoms with Crippen molar-refractivity contribution in [2.45, 2.75) is 19.8 Å². The average Bonchev–Trinajstić information content (AvgIpc) is 2.64. The molecule has 1 aliphatic rings. The molecule has 1 unspecified atom stereocenters. The van der Waals surface area contributed by atoms with Crippen molar-refractivity contribution < 1.29 is 9.72 Å². The van der Waals surface area contributed by atoms with E-state index in [0.717, 1.165) is 19.4 Å². The maximum Gasteiger partial charge on any atom is 0.274 e. The minimum atomic E-state index is -0.444. The van der Waals surface area contributed by atoms with Crippen LogP contribution >= 0.6 is 0 Å². The minimum absolute atomic E-state index is 0.000700. The lowest BCUT2D eigenvalue weighted by atomic mass is 9.97. The Balaban J connectivity index is 1.71. The monoisotopic (exact) mass is 341 g/mol. The third kappa shape index (κ3) is 3.73. The molecule has 0 spiro atoms. The highest BCUT2D eigenvalue weighted by molar-refractivity contribution is 5.94. The average molecular weight is 341 g/mol. The number of hydrogen-bond donors (Lipinski definition) is 1. The van der Waals surface area contributed by atoms with Gasteiger partial charge >= 0.3 is 0 Å². The van der Waals surface area contributed by atoms with Gasteiger partial charge in [-0.1, -0.05) is 6.07 Å². The van der Waals surface area contributed by atoms with Crippen molar-refractivity contribution in [3.63, 3.8) is 0 Å². The van der Waals surface area contributed by atoms with Crippen molar-refractivity contribution >= 4 is 23.2 Å². The van der Waals surface area contributed by atoms with Crippen LogP contribution in [0.5, 0.6) is 0 Å². The van der Waals surface area contributed by atoms with Gasteiger partial charge < -0.3 is 10.2 Å². The normalized spacial score (nSPS) is 17.2. The second-order valence-corrected chi connectivity index (χ2v) is 6.03. The van der Waals surface area contributed by atoms with Crippen molar-refractivity contribution in [3.8, 4) is 0 Å². The topological polar surface area (TPSA) is 101 Å². The zero-order valence-electron chi connectivity index (χ0n) is 13.9. The summed E-state index contributed by atoms with van der Waals surface area (Å²) in [5.41, 5.74) is 0.938. The number of carbonyl (C=O) groups excluding carboxylic acids is 1. The first-order chi connectivity index (χ1) is 12.1. The molecule has 1 aromatic carbocycles. The van der Waals surface area contributed by atoms with Crippen LogP contribution in [0.15, 0.2) is 36.7 Å². The summed E-state index contributed by atoms with van der Waals surface area (Å²) in [6.45, 7) is 2.98. The van der Waals surface area contributed by atoms with Gasteiger partial charge in [-0.2, -0.15) is 0 Å². The van der Waals surface area contributed by atoms with Crippen LogP contribution < -0.4 is 10.2 Å². The van der Waals surface area contributed by atoms with Gasteiger partial charge in [0, 0.05) is 31.5 Å². The number of piperidine rings is 1. The zero-order valence-corrected chi connectivity index (χ0v) is 13.9. The summed E-state index contributed by atoms with van der Waals surface area (Å²) in [6, 6.07) is 6.44. The third-order valence-corrected chi connectivity index (χ3v) is 4.39. The number of nitro benzene ring substituents is 1. The maximum absolute atomic E-state index is 12.6. The second kappa shape index (κ2) is 7.25. The van der Waals surface area contributed by atoms with Gasteiger partial charge in [-0.3, -0.25) is 14.9 Å². The number of nitrogens with one attached hydrogen (secondary N) is 1. The number of benzene rings is 1. The van der Waals surface area contributed by atoms with Gasteiger partial charge in [0.1, 0.15) is 0 Å². The molecule has 3 rings (SSSR count). The number of anilines is 2. The fourth-order valence-corrected chi connectivity index (χ4v) is 3.02. The van der Waals surface area contributed by atoms with Crippen LogP contribution in [0.1, 0.15) is 18.4 Å². The highest BCUT2D eigenvalue weighted by Crippen LogP contribution is 2.27. The summed E-state index contributed by atoms with van der Waals surface area (Å²) >= 11 is 0. The SMILES string of the molecule is Cc1c(NC(=O)C2CCCN(c3ncccn3)C2)cccc1[N+](=O)[O-]. The van der Waals surface area contributed by atoms with Crippen LogP contribution in [-0.2, 0) is 4.79 Å². The summed E-state index contributed by atoms with van der Waals surface area (Å²) in [5.74, 6) is 0.270. The maximum atomic E-state index is 12.6. The first kappa shape index (κ1) is 16.8. The Bertz CT molecular complexity index is 781. The first-order valence-electron chi connectivity index (χ1n) is 8.13. The van der Waals surface area contributed by atoms with Crippen LogP contribution in [0.2, 0.25) is 0 Å². The molecule has 0 aliphatic carbocycles. The van der Waals surface area contributed by atoms with E-state index in [4.69, 9.17) is 0 Å². The molecule has 8 heteroatoms. The first-order valence-corrected chi connectivity index (χ1v) is 8.13. The van der Waals surface area contributed by atoms with E-state index in [1.165, 1.54) is 6.07 Å². The highest BCUT2D eigenvalue weighted by atomic mass is 16.6. The molecule has 2 aromatic rings. The van der Waals surface area contributed by atoms with Crippen molar-refractivity contribution in [2.24, 2.45) is 5.92 Å². The predicted octanol–water partition coefficient (Wildman–Crippen LogP) is 2.55. The van der Waals surface area contributed by atoms with Crippen LogP contribution in [0.4, 0.5) is 17.3 Å². The molecule has 2 heterocycles. The second-order valence-electron chi connectivity index (χ2n) is 6.03. The Labute approximate surface area is 145 Å². The van der Waals surface area contributed by atoms with Gasteiger partial charge in [-0.05, 0) is 31.9 Å². The largest absolute Gasteiger partial charge is 0.340 e. The minimum Gasteiger partial charge on any atom is -0.340 e. The van der Waals surface area contributed by atoms with Crippen LogP contribution in [0, 0.1) is 23.0 Å². The number of nitro groups is 1. The molecule has 0 saturated carbocycles. The molecule has 1 atom stereocenters. The van der Waals surface area contributed by atoms with E-state index < -0.39 is 4.92 Å². The van der Waals surface area contributed by atoms with Gasteiger partial charge in [-0.25, -0.2) is 9.97 Å². The lowest BCUT2D eigenvalue weighted by molar-refractivity contribution is -0.385. The molecule has 1 amide bonds. The molecule has 25 heavy (non-hydrogen) atoms. The number of hydrogen-bond acceptors (Lipinski definition) is 6. The molecule has 1 fully saturated rings. The molecule has 1 N–H and O–H groups in total. The molecular weight excluding hydrogens is 322 g/mol. The fraction of sp³-hybridized carbons (Fsp3) is 0.353. The van der Waals surface area contributed by atoms with Crippen LogP contribution in [0.25, 0.3) is 0 Å². The highest BCUT2D eigenvalue weighted by Gasteiger charge is 2.27. The van der Waals surface area contributed by atoms with Gasteiger partial charge in [-0.15, -0.1) is 0 Å². The van der Waals surface area contributed by atoms with E-state index in [-0.39, 0.29) is 17.5 Å². The van der Waals surface area contributed by atoms with E-state index in [9.17, 15) is 14.9 Å².